The maximum atomic E-state index is 12.2. The number of phenols is 1. The Hall–Kier alpha value is -2.25. The first-order valence-electron chi connectivity index (χ1n) is 6.89. The molecule has 2 N–H and O–H groups in total. The van der Waals surface area contributed by atoms with Crippen molar-refractivity contribution in [1.82, 2.24) is 0 Å². The predicted octanol–water partition coefficient (Wildman–Crippen LogP) is 2.90. The van der Waals surface area contributed by atoms with E-state index in [4.69, 9.17) is 21.4 Å². The molecular weight excluding hydrogens is 356 g/mol. The first-order chi connectivity index (χ1) is 11.2. The molecule has 0 spiro atoms. The zero-order valence-electron chi connectivity index (χ0n) is 12.7. The van der Waals surface area contributed by atoms with E-state index in [2.05, 4.69) is 0 Å². The molecule has 2 rings (SSSR count). The Balaban J connectivity index is 2.07. The maximum Gasteiger partial charge on any atom is 0.339 e. The van der Waals surface area contributed by atoms with Crippen LogP contribution in [0.25, 0.3) is 0 Å². The van der Waals surface area contributed by atoms with E-state index in [1.165, 1.54) is 24.3 Å². The molecule has 0 aromatic heterocycles. The number of aromatic carboxylic acids is 1. The SMILES string of the molecule is Cc1ccc(S(=O)(=O)CCOc2ccc(O)c(C(=O)O)c2)cc1Cl. The Morgan fingerprint density at radius 1 is 1.21 bits per heavy atom. The minimum Gasteiger partial charge on any atom is -0.507 e. The third-order valence-corrected chi connectivity index (χ3v) is 5.41. The quantitative estimate of drug-likeness (QED) is 0.810. The molecule has 8 heteroatoms. The number of aryl methyl sites for hydroxylation is 1. The third kappa shape index (κ3) is 4.18. The molecule has 128 valence electrons. The van der Waals surface area contributed by atoms with Crippen LogP contribution in [0.5, 0.6) is 11.5 Å². The Bertz CT molecular complexity index is 876. The van der Waals surface area contributed by atoms with E-state index >= 15 is 0 Å². The zero-order valence-corrected chi connectivity index (χ0v) is 14.3. The highest BCUT2D eigenvalue weighted by atomic mass is 35.5. The average molecular weight is 371 g/mol. The van der Waals surface area contributed by atoms with Gasteiger partial charge in [-0.15, -0.1) is 0 Å². The number of aromatic hydroxyl groups is 1. The molecular formula is C16H15ClO6S. The number of carbonyl (C=O) groups is 1. The van der Waals surface area contributed by atoms with Gasteiger partial charge in [0.25, 0.3) is 0 Å². The van der Waals surface area contributed by atoms with Crippen molar-refractivity contribution in [1.29, 1.82) is 0 Å². The van der Waals surface area contributed by atoms with Crippen LogP contribution in [0.3, 0.4) is 0 Å². The van der Waals surface area contributed by atoms with Crippen molar-refractivity contribution >= 4 is 27.4 Å². The summed E-state index contributed by atoms with van der Waals surface area (Å²) in [6, 6.07) is 8.14. The molecule has 0 aliphatic carbocycles. The van der Waals surface area contributed by atoms with Gasteiger partial charge in [0.05, 0.1) is 10.6 Å². The number of carboxylic acid groups (broad SMARTS) is 1. The fourth-order valence-corrected chi connectivity index (χ4v) is 3.29. The van der Waals surface area contributed by atoms with Gasteiger partial charge in [0, 0.05) is 5.02 Å². The van der Waals surface area contributed by atoms with Gasteiger partial charge < -0.3 is 14.9 Å². The van der Waals surface area contributed by atoms with Gasteiger partial charge in [-0.3, -0.25) is 0 Å². The summed E-state index contributed by atoms with van der Waals surface area (Å²) in [6.45, 7) is 1.60. The Labute approximate surface area is 144 Å². The highest BCUT2D eigenvalue weighted by Gasteiger charge is 2.16. The van der Waals surface area contributed by atoms with E-state index < -0.39 is 21.6 Å². The van der Waals surface area contributed by atoms with Gasteiger partial charge in [-0.1, -0.05) is 17.7 Å². The zero-order chi connectivity index (χ0) is 17.9. The van der Waals surface area contributed by atoms with E-state index in [1.807, 2.05) is 0 Å². The molecule has 0 fully saturated rings. The van der Waals surface area contributed by atoms with Gasteiger partial charge in [-0.2, -0.15) is 0 Å². The first-order valence-corrected chi connectivity index (χ1v) is 8.92. The topological polar surface area (TPSA) is 101 Å². The molecule has 0 saturated heterocycles. The molecule has 0 amide bonds. The van der Waals surface area contributed by atoms with Crippen molar-refractivity contribution in [2.75, 3.05) is 12.4 Å². The minimum atomic E-state index is -3.58. The number of hydrogen-bond donors (Lipinski definition) is 2. The average Bonchev–Trinajstić information content (AvgIpc) is 2.51. The molecule has 0 aliphatic rings. The number of sulfone groups is 1. The summed E-state index contributed by atoms with van der Waals surface area (Å²) in [5.74, 6) is -1.84. The van der Waals surface area contributed by atoms with Crippen molar-refractivity contribution < 1.29 is 28.2 Å². The predicted molar refractivity (Wildman–Crippen MR) is 88.8 cm³/mol. The summed E-state index contributed by atoms with van der Waals surface area (Å²) in [4.78, 5) is 11.0. The molecule has 0 radical (unpaired) electrons. The second kappa shape index (κ2) is 7.11. The van der Waals surface area contributed by atoms with Gasteiger partial charge >= 0.3 is 5.97 Å². The molecule has 0 atom stereocenters. The molecule has 6 nitrogen and oxygen atoms in total. The number of rotatable bonds is 6. The van der Waals surface area contributed by atoms with Gasteiger partial charge in [0.15, 0.2) is 9.84 Å². The Kier molecular flexibility index (Phi) is 5.36. The third-order valence-electron chi connectivity index (χ3n) is 3.32. The van der Waals surface area contributed by atoms with Crippen LogP contribution in [0.2, 0.25) is 5.02 Å². The second-order valence-electron chi connectivity index (χ2n) is 5.06. The first kappa shape index (κ1) is 18.1. The van der Waals surface area contributed by atoms with Gasteiger partial charge in [0.2, 0.25) is 0 Å². The monoisotopic (exact) mass is 370 g/mol. The number of benzene rings is 2. The summed E-state index contributed by atoms with van der Waals surface area (Å²) in [7, 11) is -3.58. The fourth-order valence-electron chi connectivity index (χ4n) is 1.93. The number of ether oxygens (including phenoxy) is 1. The Morgan fingerprint density at radius 3 is 2.54 bits per heavy atom. The van der Waals surface area contributed by atoms with Crippen LogP contribution in [-0.4, -0.2) is 37.0 Å². The lowest BCUT2D eigenvalue weighted by molar-refractivity contribution is 0.0693. The molecule has 0 unspecified atom stereocenters. The summed E-state index contributed by atoms with van der Waals surface area (Å²) in [5, 5.41) is 18.7. The van der Waals surface area contributed by atoms with Gasteiger partial charge in [0.1, 0.15) is 23.7 Å². The van der Waals surface area contributed by atoms with Crippen molar-refractivity contribution in [2.45, 2.75) is 11.8 Å². The molecule has 2 aromatic rings. The largest absolute Gasteiger partial charge is 0.507 e. The van der Waals surface area contributed by atoms with E-state index in [0.717, 1.165) is 11.6 Å². The van der Waals surface area contributed by atoms with E-state index in [-0.39, 0.29) is 28.6 Å². The van der Waals surface area contributed by atoms with Crippen LogP contribution in [0, 0.1) is 6.92 Å². The summed E-state index contributed by atoms with van der Waals surface area (Å²) >= 11 is 5.94. The molecule has 0 aliphatic heterocycles. The number of halogens is 1. The highest BCUT2D eigenvalue weighted by molar-refractivity contribution is 7.91. The van der Waals surface area contributed by atoms with Crippen molar-refractivity contribution in [3.8, 4) is 11.5 Å². The smallest absolute Gasteiger partial charge is 0.339 e. The molecule has 2 aromatic carbocycles. The number of carboxylic acids is 1. The lowest BCUT2D eigenvalue weighted by Crippen LogP contribution is -2.14. The molecule has 0 bridgehead atoms. The number of hydrogen-bond acceptors (Lipinski definition) is 5. The summed E-state index contributed by atoms with van der Waals surface area (Å²) < 4.78 is 29.8. The molecule has 0 saturated carbocycles. The van der Waals surface area contributed by atoms with E-state index in [9.17, 15) is 18.3 Å². The van der Waals surface area contributed by atoms with Crippen LogP contribution in [0.4, 0.5) is 0 Å². The van der Waals surface area contributed by atoms with Crippen LogP contribution >= 0.6 is 11.6 Å². The van der Waals surface area contributed by atoms with Crippen molar-refractivity contribution in [3.63, 3.8) is 0 Å². The van der Waals surface area contributed by atoms with E-state index in [1.54, 1.807) is 13.0 Å². The van der Waals surface area contributed by atoms with Crippen LogP contribution in [-0.2, 0) is 9.84 Å². The highest BCUT2D eigenvalue weighted by Crippen LogP contribution is 2.24. The lowest BCUT2D eigenvalue weighted by Gasteiger charge is -2.09. The van der Waals surface area contributed by atoms with Crippen molar-refractivity contribution in [3.05, 3.63) is 52.5 Å². The summed E-state index contributed by atoms with van der Waals surface area (Å²) in [5.41, 5.74) is 0.456. The standard InChI is InChI=1S/C16H15ClO6S/c1-10-2-4-12(9-14(10)17)24(21,22)7-6-23-11-3-5-15(18)13(8-11)16(19)20/h2-5,8-9,18H,6-7H2,1H3,(H,19,20). The van der Waals surface area contributed by atoms with E-state index in [0.29, 0.717) is 5.02 Å². The molecule has 0 heterocycles. The van der Waals surface area contributed by atoms with Crippen LogP contribution in [0.1, 0.15) is 15.9 Å². The minimum absolute atomic E-state index is 0.0960. The maximum absolute atomic E-state index is 12.2. The van der Waals surface area contributed by atoms with Gasteiger partial charge in [-0.05, 0) is 42.8 Å². The van der Waals surface area contributed by atoms with Crippen LogP contribution in [0.15, 0.2) is 41.3 Å². The molecule has 24 heavy (non-hydrogen) atoms. The van der Waals surface area contributed by atoms with Gasteiger partial charge in [-0.25, -0.2) is 13.2 Å². The Morgan fingerprint density at radius 2 is 1.92 bits per heavy atom. The normalized spacial score (nSPS) is 11.2. The summed E-state index contributed by atoms with van der Waals surface area (Å²) in [6.07, 6.45) is 0. The fraction of sp³-hybridized carbons (Fsp3) is 0.188. The van der Waals surface area contributed by atoms with Crippen LogP contribution < -0.4 is 4.74 Å². The lowest BCUT2D eigenvalue weighted by atomic mass is 10.2. The van der Waals surface area contributed by atoms with Crippen molar-refractivity contribution in [2.24, 2.45) is 0 Å². The second-order valence-corrected chi connectivity index (χ2v) is 7.58.